The van der Waals surface area contributed by atoms with E-state index in [-0.39, 0.29) is 25.4 Å². The van der Waals surface area contributed by atoms with E-state index >= 15 is 0 Å². The monoisotopic (exact) mass is 227 g/mol. The first-order valence-corrected chi connectivity index (χ1v) is 5.06. The van der Waals surface area contributed by atoms with Crippen LogP contribution in [0.15, 0.2) is 5.11 Å². The molecule has 2 fully saturated rings. The molecule has 2 aliphatic heterocycles. The number of carbonyl (C=O) groups is 1. The largest absolute Gasteiger partial charge is 0.463 e. The molecule has 7 nitrogen and oxygen atoms in total. The van der Waals surface area contributed by atoms with Crippen LogP contribution in [-0.2, 0) is 19.0 Å². The number of nitrogens with zero attached hydrogens (tertiary/aromatic N) is 3. The summed E-state index contributed by atoms with van der Waals surface area (Å²) < 4.78 is 16.2. The lowest BCUT2D eigenvalue weighted by Crippen LogP contribution is -2.46. The molecule has 2 aliphatic rings. The fraction of sp³-hybridized carbons (Fsp3) is 0.889. The Bertz CT molecular complexity index is 351. The van der Waals surface area contributed by atoms with E-state index in [1.54, 1.807) is 13.8 Å². The summed E-state index contributed by atoms with van der Waals surface area (Å²) >= 11 is 0. The van der Waals surface area contributed by atoms with Gasteiger partial charge in [0.05, 0.1) is 5.92 Å². The Morgan fingerprint density at radius 2 is 2.31 bits per heavy atom. The van der Waals surface area contributed by atoms with Crippen molar-refractivity contribution in [1.29, 1.82) is 0 Å². The highest BCUT2D eigenvalue weighted by atomic mass is 16.8. The Labute approximate surface area is 92.3 Å². The Balaban J connectivity index is 2.15. The van der Waals surface area contributed by atoms with Crippen LogP contribution in [0.4, 0.5) is 0 Å². The van der Waals surface area contributed by atoms with Crippen molar-refractivity contribution in [2.45, 2.75) is 31.8 Å². The minimum absolute atomic E-state index is 0.0376. The van der Waals surface area contributed by atoms with E-state index in [0.29, 0.717) is 0 Å². The molecule has 0 spiro atoms. The predicted octanol–water partition coefficient (Wildman–Crippen LogP) is 0.990. The van der Waals surface area contributed by atoms with Crippen LogP contribution in [0.2, 0.25) is 0 Å². The van der Waals surface area contributed by atoms with Gasteiger partial charge in [0.25, 0.3) is 0 Å². The third-order valence-corrected chi connectivity index (χ3v) is 2.65. The number of azide groups is 1. The molecule has 0 saturated carbocycles. The lowest BCUT2D eigenvalue weighted by Gasteiger charge is -2.28. The molecule has 0 bridgehead atoms. The van der Waals surface area contributed by atoms with Crippen LogP contribution in [-0.4, -0.2) is 37.1 Å². The molecule has 7 heteroatoms. The molecule has 0 aliphatic carbocycles. The fourth-order valence-electron chi connectivity index (χ4n) is 2.04. The van der Waals surface area contributed by atoms with E-state index < -0.39 is 17.7 Å². The van der Waals surface area contributed by atoms with Crippen LogP contribution < -0.4 is 0 Å². The van der Waals surface area contributed by atoms with Crippen molar-refractivity contribution in [2.75, 3.05) is 13.2 Å². The molecule has 88 valence electrons. The highest BCUT2D eigenvalue weighted by molar-refractivity contribution is 5.74. The minimum atomic E-state index is -0.724. The van der Waals surface area contributed by atoms with Gasteiger partial charge in [-0.2, -0.15) is 0 Å². The molecule has 0 aromatic heterocycles. The summed E-state index contributed by atoms with van der Waals surface area (Å²) in [7, 11) is 0. The Morgan fingerprint density at radius 3 is 3.00 bits per heavy atom. The molecule has 0 aromatic rings. The van der Waals surface area contributed by atoms with E-state index in [4.69, 9.17) is 19.7 Å². The maximum Gasteiger partial charge on any atom is 0.311 e. The molecule has 0 unspecified atom stereocenters. The van der Waals surface area contributed by atoms with Crippen LogP contribution in [0.3, 0.4) is 0 Å². The van der Waals surface area contributed by atoms with Gasteiger partial charge in [-0.15, -0.1) is 0 Å². The molecule has 16 heavy (non-hydrogen) atoms. The molecule has 0 N–H and O–H groups in total. The van der Waals surface area contributed by atoms with Crippen LogP contribution in [0.5, 0.6) is 0 Å². The number of cyclic esters (lactones) is 1. The zero-order chi connectivity index (χ0) is 11.8. The van der Waals surface area contributed by atoms with E-state index in [2.05, 4.69) is 10.0 Å². The lowest BCUT2D eigenvalue weighted by atomic mass is 9.96. The van der Waals surface area contributed by atoms with Crippen molar-refractivity contribution < 1.29 is 19.0 Å². The van der Waals surface area contributed by atoms with Crippen LogP contribution in [0.1, 0.15) is 13.8 Å². The lowest BCUT2D eigenvalue weighted by molar-refractivity contribution is -0.163. The van der Waals surface area contributed by atoms with Gasteiger partial charge in [0.1, 0.15) is 18.8 Å². The summed E-state index contributed by atoms with van der Waals surface area (Å²) in [6.07, 6.45) is -0.659. The molecule has 2 heterocycles. The zero-order valence-electron chi connectivity index (χ0n) is 9.12. The molecule has 2 rings (SSSR count). The summed E-state index contributed by atoms with van der Waals surface area (Å²) in [6, 6.07) is 0. The van der Waals surface area contributed by atoms with E-state index in [0.717, 1.165) is 0 Å². The van der Waals surface area contributed by atoms with Crippen LogP contribution in [0, 0.1) is 5.92 Å². The van der Waals surface area contributed by atoms with Gasteiger partial charge in [0.15, 0.2) is 5.79 Å². The topological polar surface area (TPSA) is 93.5 Å². The average molecular weight is 227 g/mol. The highest BCUT2D eigenvalue weighted by Crippen LogP contribution is 2.35. The third-order valence-electron chi connectivity index (χ3n) is 2.65. The maximum atomic E-state index is 11.5. The van der Waals surface area contributed by atoms with Gasteiger partial charge in [0, 0.05) is 11.5 Å². The van der Waals surface area contributed by atoms with Crippen molar-refractivity contribution in [2.24, 2.45) is 11.0 Å². The Hall–Kier alpha value is -1.30. The number of fused-ring (bicyclic) bond motifs is 1. The van der Waals surface area contributed by atoms with Gasteiger partial charge in [0.2, 0.25) is 0 Å². The van der Waals surface area contributed by atoms with Gasteiger partial charge in [-0.25, -0.2) is 0 Å². The second-order valence-electron chi connectivity index (χ2n) is 4.29. The molecule has 0 radical (unpaired) electrons. The number of carbonyl (C=O) groups excluding carboxylic acids is 1. The SMILES string of the molecule is CC1(C)O[C@@H]2[C@@H](COC(=O)[C@@H]2CN=[N+]=[N-])O1. The summed E-state index contributed by atoms with van der Waals surface area (Å²) in [5.74, 6) is -1.69. The fourth-order valence-corrected chi connectivity index (χ4v) is 2.04. The molecule has 0 aromatic carbocycles. The maximum absolute atomic E-state index is 11.5. The second-order valence-corrected chi connectivity index (χ2v) is 4.29. The van der Waals surface area contributed by atoms with E-state index in [9.17, 15) is 4.79 Å². The molecule has 2 saturated heterocycles. The first kappa shape index (κ1) is 11.2. The molecular weight excluding hydrogens is 214 g/mol. The minimum Gasteiger partial charge on any atom is -0.463 e. The van der Waals surface area contributed by atoms with Crippen molar-refractivity contribution in [1.82, 2.24) is 0 Å². The van der Waals surface area contributed by atoms with Crippen molar-refractivity contribution >= 4 is 5.97 Å². The number of hydrogen-bond donors (Lipinski definition) is 0. The standard InChI is InChI=1S/C9H13N3O4/c1-9(2)15-6-4-14-8(13)5(3-11-12-10)7(6)16-9/h5-7H,3-4H2,1-2H3/t5-,6-,7+/m1/s1. The van der Waals surface area contributed by atoms with Gasteiger partial charge < -0.3 is 14.2 Å². The summed E-state index contributed by atoms with van der Waals surface area (Å²) in [5.41, 5.74) is 8.26. The quantitative estimate of drug-likeness (QED) is 0.304. The Kier molecular flexibility index (Phi) is 2.75. The molecule has 0 amide bonds. The summed E-state index contributed by atoms with van der Waals surface area (Å²) in [5, 5.41) is 3.40. The highest BCUT2D eigenvalue weighted by Gasteiger charge is 2.50. The predicted molar refractivity (Wildman–Crippen MR) is 52.3 cm³/mol. The summed E-state index contributed by atoms with van der Waals surface area (Å²) in [4.78, 5) is 14.1. The van der Waals surface area contributed by atoms with Crippen LogP contribution >= 0.6 is 0 Å². The second kappa shape index (κ2) is 3.93. The number of hydrogen-bond acceptors (Lipinski definition) is 5. The van der Waals surface area contributed by atoms with E-state index in [1.165, 1.54) is 0 Å². The zero-order valence-corrected chi connectivity index (χ0v) is 9.12. The van der Waals surface area contributed by atoms with Crippen molar-refractivity contribution in [3.63, 3.8) is 0 Å². The van der Waals surface area contributed by atoms with Crippen molar-refractivity contribution in [3.05, 3.63) is 10.4 Å². The van der Waals surface area contributed by atoms with Gasteiger partial charge in [-0.1, -0.05) is 5.11 Å². The Morgan fingerprint density at radius 1 is 1.56 bits per heavy atom. The van der Waals surface area contributed by atoms with E-state index in [1.807, 2.05) is 0 Å². The molecular formula is C9H13N3O4. The van der Waals surface area contributed by atoms with Gasteiger partial charge in [-0.3, -0.25) is 4.79 Å². The smallest absolute Gasteiger partial charge is 0.311 e. The van der Waals surface area contributed by atoms with Gasteiger partial charge >= 0.3 is 5.97 Å². The number of ether oxygens (including phenoxy) is 3. The number of esters is 1. The number of rotatable bonds is 2. The molecule has 3 atom stereocenters. The third kappa shape index (κ3) is 1.97. The average Bonchev–Trinajstić information content (AvgIpc) is 2.51. The summed E-state index contributed by atoms with van der Waals surface area (Å²) in [6.45, 7) is 3.79. The van der Waals surface area contributed by atoms with Gasteiger partial charge in [-0.05, 0) is 19.4 Å². The first-order chi connectivity index (χ1) is 7.53. The van der Waals surface area contributed by atoms with Crippen LogP contribution in [0.25, 0.3) is 10.4 Å². The van der Waals surface area contributed by atoms with Crippen molar-refractivity contribution in [3.8, 4) is 0 Å². The first-order valence-electron chi connectivity index (χ1n) is 5.06. The normalized spacial score (nSPS) is 36.1.